The summed E-state index contributed by atoms with van der Waals surface area (Å²) in [6.07, 6.45) is 7.59. The lowest BCUT2D eigenvalue weighted by atomic mass is 10.2. The van der Waals surface area contributed by atoms with E-state index in [4.69, 9.17) is 4.42 Å². The van der Waals surface area contributed by atoms with Crippen molar-refractivity contribution < 1.29 is 22.0 Å². The van der Waals surface area contributed by atoms with E-state index in [1.165, 1.54) is 34.1 Å². The second kappa shape index (κ2) is 12.6. The molecule has 0 N–H and O–H groups in total. The van der Waals surface area contributed by atoms with Gasteiger partial charge in [0.1, 0.15) is 21.8 Å². The van der Waals surface area contributed by atoms with Crippen molar-refractivity contribution in [2.75, 3.05) is 11.9 Å². The predicted molar refractivity (Wildman–Crippen MR) is 171 cm³/mol. The van der Waals surface area contributed by atoms with Crippen LogP contribution in [0, 0.1) is 6.92 Å². The Morgan fingerprint density at radius 3 is 2.40 bits per heavy atom. The van der Waals surface area contributed by atoms with E-state index in [-0.39, 0.29) is 10.5 Å². The number of hydrogen-bond donors (Lipinski definition) is 0. The van der Waals surface area contributed by atoms with Crippen molar-refractivity contribution in [1.82, 2.24) is 4.57 Å². The smallest absolute Gasteiger partial charge is 0.376 e. The van der Waals surface area contributed by atoms with E-state index in [0.717, 1.165) is 26.4 Å². The number of benzene rings is 3. The fraction of sp³-hybridized carbons (Fsp3) is 0.125. The second-order valence-electron chi connectivity index (χ2n) is 9.69. The van der Waals surface area contributed by atoms with E-state index >= 15 is 0 Å². The molecule has 220 valence electrons. The van der Waals surface area contributed by atoms with Crippen molar-refractivity contribution in [3.63, 3.8) is 0 Å². The predicted octanol–water partition coefficient (Wildman–Crippen LogP) is 4.26. The van der Waals surface area contributed by atoms with Gasteiger partial charge in [0.15, 0.2) is 0 Å². The fourth-order valence-electron chi connectivity index (χ4n) is 4.43. The van der Waals surface area contributed by atoms with Gasteiger partial charge in [-0.1, -0.05) is 59.8 Å². The van der Waals surface area contributed by atoms with E-state index < -0.39 is 10.1 Å². The Bertz CT molecular complexity index is 2140. The van der Waals surface area contributed by atoms with Crippen LogP contribution < -0.4 is 24.2 Å². The van der Waals surface area contributed by atoms with Crippen LogP contribution in [-0.4, -0.2) is 24.6 Å². The topological polar surface area (TPSA) is 99.5 Å². The number of thiazole rings is 1. The number of anilines is 1. The second-order valence-corrected chi connectivity index (χ2v) is 13.2. The summed E-state index contributed by atoms with van der Waals surface area (Å²) in [6, 6.07) is 22.0. The number of hydrogen-bond acceptors (Lipinski definition) is 8. The van der Waals surface area contributed by atoms with Gasteiger partial charge in [-0.15, -0.1) is 17.9 Å². The summed E-state index contributed by atoms with van der Waals surface area (Å²) in [7, 11) is -0.262. The summed E-state index contributed by atoms with van der Waals surface area (Å²) in [5, 5.41) is 1.09. The molecule has 0 saturated heterocycles. The van der Waals surface area contributed by atoms with Crippen molar-refractivity contribution in [1.29, 1.82) is 0 Å². The molecule has 0 amide bonds. The highest BCUT2D eigenvalue weighted by molar-refractivity contribution is 8.03. The Labute approximate surface area is 257 Å². The minimum absolute atomic E-state index is 0.0278. The van der Waals surface area contributed by atoms with E-state index in [1.54, 1.807) is 34.5 Å². The Balaban J connectivity index is 0.000000283. The molecular formula is C32H29N3O5S3. The molecule has 0 atom stereocenters. The number of para-hydroxylation sites is 3. The van der Waals surface area contributed by atoms with Crippen LogP contribution in [0.4, 0.5) is 5.69 Å². The van der Waals surface area contributed by atoms with Gasteiger partial charge in [-0.05, 0) is 49.4 Å². The van der Waals surface area contributed by atoms with Crippen LogP contribution in [-0.2, 0) is 23.7 Å². The zero-order chi connectivity index (χ0) is 30.7. The average Bonchev–Trinajstić information content (AvgIpc) is 3.59. The lowest BCUT2D eigenvalue weighted by Crippen LogP contribution is -2.33. The Kier molecular flexibility index (Phi) is 8.88. The molecule has 2 aromatic heterocycles. The molecule has 6 rings (SSSR count). The largest absolute Gasteiger partial charge is 0.744 e. The molecule has 8 nitrogen and oxygen atoms in total. The van der Waals surface area contributed by atoms with Gasteiger partial charge in [0.05, 0.1) is 26.2 Å². The molecule has 3 aromatic carbocycles. The number of rotatable bonds is 5. The number of nitrogens with zero attached hydrogens (tertiary/aromatic N) is 3. The first-order valence-corrected chi connectivity index (χ1v) is 16.3. The standard InChI is InChI=1S/C25H22N3O2S2.C7H8O3S/c1-4-15-28-24(16-22-26(2)17-9-5-7-11-19(17)30-22)32-21(25(28)29)13-14-23-27(3)18-10-6-8-12-20(18)31-23;1-6-2-4-7(5-3-6)11(8,9)10/h4-14,16H,1,15H2,2-3H3;2-5H,1H3,(H,8,9,10)/q+1;/p-1/b21-13-,23-14-;. The van der Waals surface area contributed by atoms with E-state index in [1.807, 2.05) is 80.2 Å². The molecule has 0 aliphatic carbocycles. The zero-order valence-electron chi connectivity index (χ0n) is 23.8. The van der Waals surface area contributed by atoms with Gasteiger partial charge < -0.3 is 13.9 Å². The number of allylic oxidation sites excluding steroid dienone is 2. The maximum Gasteiger partial charge on any atom is 0.376 e. The molecule has 0 spiro atoms. The maximum absolute atomic E-state index is 13.1. The van der Waals surface area contributed by atoms with Crippen LogP contribution in [0.3, 0.4) is 0 Å². The summed E-state index contributed by atoms with van der Waals surface area (Å²) in [4.78, 5) is 16.3. The molecule has 0 bridgehead atoms. The van der Waals surface area contributed by atoms with Gasteiger partial charge in [0.2, 0.25) is 5.58 Å². The maximum atomic E-state index is 13.1. The normalized spacial score (nSPS) is 14.7. The molecule has 0 fully saturated rings. The first-order valence-electron chi connectivity index (χ1n) is 13.2. The number of aryl methyl sites for hydroxylation is 2. The monoisotopic (exact) mass is 631 g/mol. The van der Waals surface area contributed by atoms with Gasteiger partial charge >= 0.3 is 5.89 Å². The summed E-state index contributed by atoms with van der Waals surface area (Å²) >= 11 is 3.16. The highest BCUT2D eigenvalue weighted by Crippen LogP contribution is 2.44. The molecule has 11 heteroatoms. The van der Waals surface area contributed by atoms with E-state index in [0.29, 0.717) is 17.0 Å². The fourth-order valence-corrected chi connectivity index (χ4v) is 6.94. The van der Waals surface area contributed by atoms with Crippen LogP contribution in [0.1, 0.15) is 11.5 Å². The molecule has 1 aliphatic heterocycles. The first kappa shape index (κ1) is 30.3. The number of thioether (sulfide) groups is 1. The highest BCUT2D eigenvalue weighted by atomic mass is 32.2. The number of fused-ring (bicyclic) bond motifs is 2. The third-order valence-corrected chi connectivity index (χ3v) is 9.84. The molecule has 0 saturated carbocycles. The molecule has 5 aromatic rings. The molecule has 3 heterocycles. The quantitative estimate of drug-likeness (QED) is 0.162. The van der Waals surface area contributed by atoms with Gasteiger partial charge in [0.25, 0.3) is 11.1 Å². The van der Waals surface area contributed by atoms with Crippen LogP contribution >= 0.6 is 23.1 Å². The number of aromatic nitrogens is 2. The van der Waals surface area contributed by atoms with E-state index in [9.17, 15) is 17.8 Å². The third-order valence-electron chi connectivity index (χ3n) is 6.73. The zero-order valence-corrected chi connectivity index (χ0v) is 26.2. The van der Waals surface area contributed by atoms with E-state index in [2.05, 4.69) is 23.6 Å². The van der Waals surface area contributed by atoms with Crippen molar-refractivity contribution in [2.24, 2.45) is 7.05 Å². The summed E-state index contributed by atoms with van der Waals surface area (Å²) in [6.45, 7) is 6.08. The highest BCUT2D eigenvalue weighted by Gasteiger charge is 2.21. The van der Waals surface area contributed by atoms with Gasteiger partial charge in [-0.3, -0.25) is 9.36 Å². The minimum atomic E-state index is -4.27. The van der Waals surface area contributed by atoms with Crippen LogP contribution in [0.5, 0.6) is 0 Å². The van der Waals surface area contributed by atoms with Crippen molar-refractivity contribution in [3.05, 3.63) is 128 Å². The van der Waals surface area contributed by atoms with Crippen LogP contribution in [0.2, 0.25) is 0 Å². The minimum Gasteiger partial charge on any atom is -0.744 e. The van der Waals surface area contributed by atoms with Crippen LogP contribution in [0.15, 0.2) is 116 Å². The third kappa shape index (κ3) is 6.60. The molecule has 1 aliphatic rings. The first-order chi connectivity index (χ1) is 20.6. The lowest BCUT2D eigenvalue weighted by Gasteiger charge is -2.12. The van der Waals surface area contributed by atoms with Crippen molar-refractivity contribution in [3.8, 4) is 0 Å². The molecule has 0 radical (unpaired) electrons. The Hall–Kier alpha value is -4.16. The lowest BCUT2D eigenvalue weighted by molar-refractivity contribution is -0.652. The van der Waals surface area contributed by atoms with Crippen LogP contribution in [0.25, 0.3) is 23.3 Å². The number of oxazole rings is 1. The summed E-state index contributed by atoms with van der Waals surface area (Å²) in [5.41, 5.74) is 3.90. The van der Waals surface area contributed by atoms with Crippen molar-refractivity contribution in [2.45, 2.75) is 23.3 Å². The Morgan fingerprint density at radius 1 is 1.02 bits per heavy atom. The van der Waals surface area contributed by atoms with Gasteiger partial charge in [-0.2, -0.15) is 4.57 Å². The Morgan fingerprint density at radius 2 is 1.72 bits per heavy atom. The summed E-state index contributed by atoms with van der Waals surface area (Å²) < 4.78 is 42.4. The molecule has 0 unspecified atom stereocenters. The van der Waals surface area contributed by atoms with Gasteiger partial charge in [-0.25, -0.2) is 8.42 Å². The summed E-state index contributed by atoms with van der Waals surface area (Å²) in [5.74, 6) is 0.691. The molecule has 43 heavy (non-hydrogen) atoms. The SMILES string of the molecule is C=CCn1c(=O)/c(=C/C=C2\Sc3ccccc3N2C)s/c1=C\c1oc2ccccc2[n+]1C.Cc1ccc(S(=O)(=O)[O-])cc1. The molecular weight excluding hydrogens is 603 g/mol. The van der Waals surface area contributed by atoms with Gasteiger partial charge in [0, 0.05) is 24.6 Å². The van der Waals surface area contributed by atoms with Crippen molar-refractivity contribution >= 4 is 62.2 Å². The average molecular weight is 632 g/mol.